The summed E-state index contributed by atoms with van der Waals surface area (Å²) in [6, 6.07) is 5.65. The lowest BCUT2D eigenvalue weighted by atomic mass is 10.3. The normalized spacial score (nSPS) is 14.1. The second kappa shape index (κ2) is 6.09. The number of amides is 1. The molecule has 0 unspecified atom stereocenters. The average Bonchev–Trinajstić information content (AvgIpc) is 3.17. The predicted molar refractivity (Wildman–Crippen MR) is 74.9 cm³/mol. The zero-order chi connectivity index (χ0) is 13.0. The molecule has 0 aliphatic heterocycles. The first kappa shape index (κ1) is 13.2. The average molecular weight is 313 g/mol. The lowest BCUT2D eigenvalue weighted by Crippen LogP contribution is -2.31. The molecule has 2 rings (SSSR count). The molecule has 4 nitrogen and oxygen atoms in total. The van der Waals surface area contributed by atoms with E-state index in [1.165, 1.54) is 12.8 Å². The van der Waals surface area contributed by atoms with Gasteiger partial charge in [0.2, 0.25) is 5.91 Å². The van der Waals surface area contributed by atoms with Crippen LogP contribution < -0.4 is 15.4 Å². The lowest BCUT2D eigenvalue weighted by Gasteiger charge is -2.09. The molecule has 0 radical (unpaired) electrons. The first-order chi connectivity index (χ1) is 8.67. The third kappa shape index (κ3) is 4.22. The Labute approximate surface area is 115 Å². The van der Waals surface area contributed by atoms with Crippen molar-refractivity contribution in [2.75, 3.05) is 25.5 Å². The zero-order valence-corrected chi connectivity index (χ0v) is 11.9. The van der Waals surface area contributed by atoms with Gasteiger partial charge in [-0.25, -0.2) is 0 Å². The molecule has 1 aromatic carbocycles. The van der Waals surface area contributed by atoms with Crippen LogP contribution in [0.25, 0.3) is 0 Å². The van der Waals surface area contributed by atoms with E-state index in [4.69, 9.17) is 4.74 Å². The van der Waals surface area contributed by atoms with Crippen LogP contribution in [0, 0.1) is 5.92 Å². The lowest BCUT2D eigenvalue weighted by molar-refractivity contribution is -0.119. The van der Waals surface area contributed by atoms with Crippen LogP contribution in [-0.4, -0.2) is 26.1 Å². The Hall–Kier alpha value is -1.23. The van der Waals surface area contributed by atoms with Crippen molar-refractivity contribution >= 4 is 27.5 Å². The van der Waals surface area contributed by atoms with Gasteiger partial charge in [0, 0.05) is 22.8 Å². The minimum Gasteiger partial charge on any atom is -0.497 e. The molecule has 1 amide bonds. The van der Waals surface area contributed by atoms with Gasteiger partial charge in [-0.2, -0.15) is 0 Å². The molecule has 0 atom stereocenters. The Bertz CT molecular complexity index is 433. The van der Waals surface area contributed by atoms with Crippen LogP contribution in [0.15, 0.2) is 22.7 Å². The van der Waals surface area contributed by atoms with Crippen LogP contribution in [0.3, 0.4) is 0 Å². The van der Waals surface area contributed by atoms with Crippen LogP contribution in [0.2, 0.25) is 0 Å². The quantitative estimate of drug-likeness (QED) is 0.848. The second-order valence-electron chi connectivity index (χ2n) is 4.48. The fraction of sp³-hybridized carbons (Fsp3) is 0.462. The number of halogens is 1. The van der Waals surface area contributed by atoms with Crippen molar-refractivity contribution in [2.45, 2.75) is 12.8 Å². The van der Waals surface area contributed by atoms with Crippen LogP contribution >= 0.6 is 15.9 Å². The Morgan fingerprint density at radius 1 is 1.44 bits per heavy atom. The van der Waals surface area contributed by atoms with Gasteiger partial charge in [0.05, 0.1) is 13.7 Å². The van der Waals surface area contributed by atoms with Gasteiger partial charge >= 0.3 is 0 Å². The van der Waals surface area contributed by atoms with Crippen LogP contribution in [0.1, 0.15) is 12.8 Å². The summed E-state index contributed by atoms with van der Waals surface area (Å²) in [4.78, 5) is 11.6. The van der Waals surface area contributed by atoms with Gasteiger partial charge in [-0.3, -0.25) is 4.79 Å². The first-order valence-electron chi connectivity index (χ1n) is 6.02. The third-order valence-electron chi connectivity index (χ3n) is 2.84. The van der Waals surface area contributed by atoms with E-state index in [1.54, 1.807) is 7.11 Å². The van der Waals surface area contributed by atoms with Crippen molar-refractivity contribution < 1.29 is 9.53 Å². The first-order valence-corrected chi connectivity index (χ1v) is 6.82. The Morgan fingerprint density at radius 3 is 2.89 bits per heavy atom. The highest BCUT2D eigenvalue weighted by Gasteiger charge is 2.21. The molecular weight excluding hydrogens is 296 g/mol. The van der Waals surface area contributed by atoms with Gasteiger partial charge in [0.15, 0.2) is 0 Å². The number of methoxy groups -OCH3 is 1. The SMILES string of the molecule is COc1cc(Br)cc(NCC(=O)NCC2CC2)c1. The van der Waals surface area contributed by atoms with Gasteiger partial charge < -0.3 is 15.4 Å². The molecule has 18 heavy (non-hydrogen) atoms. The van der Waals surface area contributed by atoms with Gasteiger partial charge in [0.1, 0.15) is 5.75 Å². The number of nitrogens with one attached hydrogen (secondary N) is 2. The molecular formula is C13H17BrN2O2. The fourth-order valence-corrected chi connectivity index (χ4v) is 2.08. The van der Waals surface area contributed by atoms with Crippen molar-refractivity contribution in [3.05, 3.63) is 22.7 Å². The molecule has 1 saturated carbocycles. The van der Waals surface area contributed by atoms with Crippen LogP contribution in [0.4, 0.5) is 5.69 Å². The summed E-state index contributed by atoms with van der Waals surface area (Å²) in [5.41, 5.74) is 0.864. The summed E-state index contributed by atoms with van der Waals surface area (Å²) in [6.07, 6.45) is 2.49. The van der Waals surface area contributed by atoms with E-state index in [0.717, 1.165) is 22.5 Å². The van der Waals surface area contributed by atoms with Crippen LogP contribution in [-0.2, 0) is 4.79 Å². The van der Waals surface area contributed by atoms with Crippen molar-refractivity contribution in [2.24, 2.45) is 5.92 Å². The van der Waals surface area contributed by atoms with E-state index >= 15 is 0 Å². The standard InChI is InChI=1S/C13H17BrN2O2/c1-18-12-5-10(14)4-11(6-12)15-8-13(17)16-7-9-2-3-9/h4-6,9,15H,2-3,7-8H2,1H3,(H,16,17). The number of benzene rings is 1. The molecule has 2 N–H and O–H groups in total. The predicted octanol–water partition coefficient (Wildman–Crippen LogP) is 2.40. The van der Waals surface area contributed by atoms with Crippen molar-refractivity contribution in [1.29, 1.82) is 0 Å². The second-order valence-corrected chi connectivity index (χ2v) is 5.40. The highest BCUT2D eigenvalue weighted by Crippen LogP contribution is 2.27. The minimum atomic E-state index is 0.0286. The minimum absolute atomic E-state index is 0.0286. The van der Waals surface area contributed by atoms with Crippen molar-refractivity contribution in [3.63, 3.8) is 0 Å². The summed E-state index contributed by atoms with van der Waals surface area (Å²) in [6.45, 7) is 1.09. The molecule has 0 aromatic heterocycles. The number of carbonyl (C=O) groups is 1. The highest BCUT2D eigenvalue weighted by molar-refractivity contribution is 9.10. The van der Waals surface area contributed by atoms with Gasteiger partial charge in [0.25, 0.3) is 0 Å². The summed E-state index contributed by atoms with van der Waals surface area (Å²) >= 11 is 3.40. The van der Waals surface area contributed by atoms with E-state index in [2.05, 4.69) is 26.6 Å². The number of anilines is 1. The van der Waals surface area contributed by atoms with E-state index in [0.29, 0.717) is 5.92 Å². The summed E-state index contributed by atoms with van der Waals surface area (Å²) in [7, 11) is 1.62. The monoisotopic (exact) mass is 312 g/mol. The maximum Gasteiger partial charge on any atom is 0.239 e. The Kier molecular flexibility index (Phi) is 4.47. The largest absolute Gasteiger partial charge is 0.497 e. The molecule has 5 heteroatoms. The van der Waals surface area contributed by atoms with E-state index < -0.39 is 0 Å². The molecule has 0 spiro atoms. The maximum atomic E-state index is 11.6. The maximum absolute atomic E-state index is 11.6. The fourth-order valence-electron chi connectivity index (χ4n) is 1.61. The van der Waals surface area contributed by atoms with E-state index in [9.17, 15) is 4.79 Å². The molecule has 0 heterocycles. The summed E-state index contributed by atoms with van der Waals surface area (Å²) in [5.74, 6) is 1.49. The van der Waals surface area contributed by atoms with E-state index in [1.807, 2.05) is 18.2 Å². The smallest absolute Gasteiger partial charge is 0.239 e. The number of rotatable bonds is 6. The Balaban J connectivity index is 1.80. The molecule has 1 aromatic rings. The summed E-state index contributed by atoms with van der Waals surface area (Å²) in [5, 5.41) is 6.00. The molecule has 98 valence electrons. The third-order valence-corrected chi connectivity index (χ3v) is 3.30. The molecule has 1 aliphatic rings. The highest BCUT2D eigenvalue weighted by atomic mass is 79.9. The number of carbonyl (C=O) groups excluding carboxylic acids is 1. The molecule has 1 fully saturated rings. The van der Waals surface area contributed by atoms with Gasteiger partial charge in [-0.15, -0.1) is 0 Å². The Morgan fingerprint density at radius 2 is 2.22 bits per heavy atom. The van der Waals surface area contributed by atoms with Gasteiger partial charge in [-0.1, -0.05) is 15.9 Å². The molecule has 0 bridgehead atoms. The summed E-state index contributed by atoms with van der Waals surface area (Å²) < 4.78 is 6.08. The topological polar surface area (TPSA) is 50.4 Å². The van der Waals surface area contributed by atoms with Gasteiger partial charge in [-0.05, 0) is 30.9 Å². The molecule has 1 aliphatic carbocycles. The van der Waals surface area contributed by atoms with Crippen LogP contribution in [0.5, 0.6) is 5.75 Å². The zero-order valence-electron chi connectivity index (χ0n) is 10.3. The number of hydrogen-bond acceptors (Lipinski definition) is 3. The van der Waals surface area contributed by atoms with Crippen molar-refractivity contribution in [3.8, 4) is 5.75 Å². The molecule has 0 saturated heterocycles. The number of ether oxygens (including phenoxy) is 1. The van der Waals surface area contributed by atoms with Crippen molar-refractivity contribution in [1.82, 2.24) is 5.32 Å². The number of hydrogen-bond donors (Lipinski definition) is 2. The van der Waals surface area contributed by atoms with E-state index in [-0.39, 0.29) is 12.5 Å².